The fourth-order valence-corrected chi connectivity index (χ4v) is 2.11. The second kappa shape index (κ2) is 5.84. The van der Waals surface area contributed by atoms with E-state index in [-0.39, 0.29) is 6.61 Å². The Morgan fingerprint density at radius 1 is 1.53 bits per heavy atom. The number of benzene rings is 1. The maximum Gasteiger partial charge on any atom is 0.339 e. The lowest BCUT2D eigenvalue weighted by molar-refractivity contribution is -0.153. The van der Waals surface area contributed by atoms with Gasteiger partial charge in [-0.05, 0) is 6.92 Å². The molecule has 0 aromatic heterocycles. The monoisotopic (exact) mass is 262 g/mol. The molecule has 0 saturated carbocycles. The van der Waals surface area contributed by atoms with E-state index in [1.54, 1.807) is 19.1 Å². The van der Waals surface area contributed by atoms with Gasteiger partial charge >= 0.3 is 5.97 Å². The Bertz CT molecular complexity index is 499. The topological polar surface area (TPSA) is 62.1 Å². The summed E-state index contributed by atoms with van der Waals surface area (Å²) < 4.78 is 4.86. The van der Waals surface area contributed by atoms with Gasteiger partial charge in [-0.2, -0.15) is 0 Å². The molecule has 0 spiro atoms. The van der Waals surface area contributed by atoms with Crippen molar-refractivity contribution in [1.82, 2.24) is 4.90 Å². The standard InChI is InChI=1S/C14H18N2O3/c1-3-19-14(18)12(17)10-6-4-5-7-11(10)13-15-8-9-16(13)2/h4-7,12,17H,3,8-9H2,1-2H3. The van der Waals surface area contributed by atoms with Crippen molar-refractivity contribution in [2.45, 2.75) is 13.0 Å². The average molecular weight is 262 g/mol. The van der Waals surface area contributed by atoms with Gasteiger partial charge in [-0.3, -0.25) is 4.99 Å². The van der Waals surface area contributed by atoms with E-state index < -0.39 is 12.1 Å². The molecule has 2 rings (SSSR count). The Morgan fingerprint density at radius 3 is 2.89 bits per heavy atom. The molecule has 102 valence electrons. The van der Waals surface area contributed by atoms with Crippen LogP contribution >= 0.6 is 0 Å². The predicted octanol–water partition coefficient (Wildman–Crippen LogP) is 0.975. The lowest BCUT2D eigenvalue weighted by atomic mass is 10.0. The van der Waals surface area contributed by atoms with Crippen LogP contribution in [0.2, 0.25) is 0 Å². The molecule has 1 unspecified atom stereocenters. The van der Waals surface area contributed by atoms with Crippen molar-refractivity contribution in [2.24, 2.45) is 4.99 Å². The van der Waals surface area contributed by atoms with Gasteiger partial charge in [0.1, 0.15) is 5.84 Å². The lowest BCUT2D eigenvalue weighted by Gasteiger charge is -2.19. The van der Waals surface area contributed by atoms with Crippen molar-refractivity contribution in [1.29, 1.82) is 0 Å². The summed E-state index contributed by atoms with van der Waals surface area (Å²) in [5, 5.41) is 10.1. The van der Waals surface area contributed by atoms with Crippen molar-refractivity contribution in [2.75, 3.05) is 26.7 Å². The molecule has 1 aliphatic heterocycles. The highest BCUT2D eigenvalue weighted by Crippen LogP contribution is 2.22. The number of aliphatic hydroxyl groups excluding tert-OH is 1. The number of hydrogen-bond donors (Lipinski definition) is 1. The second-order valence-electron chi connectivity index (χ2n) is 4.37. The van der Waals surface area contributed by atoms with Crippen LogP contribution in [0.15, 0.2) is 29.3 Å². The predicted molar refractivity (Wildman–Crippen MR) is 72.1 cm³/mol. The summed E-state index contributed by atoms with van der Waals surface area (Å²) in [4.78, 5) is 18.1. The largest absolute Gasteiger partial charge is 0.464 e. The summed E-state index contributed by atoms with van der Waals surface area (Å²) in [7, 11) is 1.94. The van der Waals surface area contributed by atoms with E-state index in [4.69, 9.17) is 4.74 Å². The van der Waals surface area contributed by atoms with Gasteiger partial charge in [-0.15, -0.1) is 0 Å². The van der Waals surface area contributed by atoms with E-state index >= 15 is 0 Å². The number of rotatable bonds is 4. The highest BCUT2D eigenvalue weighted by Gasteiger charge is 2.25. The van der Waals surface area contributed by atoms with Gasteiger partial charge in [0.15, 0.2) is 6.10 Å². The smallest absolute Gasteiger partial charge is 0.339 e. The molecule has 0 bridgehead atoms. The first-order valence-corrected chi connectivity index (χ1v) is 6.34. The number of aliphatic imine (C=N–C) groups is 1. The molecule has 19 heavy (non-hydrogen) atoms. The van der Waals surface area contributed by atoms with Crippen LogP contribution in [0.4, 0.5) is 0 Å². The summed E-state index contributed by atoms with van der Waals surface area (Å²) in [6.07, 6.45) is -1.27. The van der Waals surface area contributed by atoms with Gasteiger partial charge in [-0.1, -0.05) is 24.3 Å². The first-order valence-electron chi connectivity index (χ1n) is 6.34. The molecule has 1 atom stereocenters. The Labute approximate surface area is 112 Å². The van der Waals surface area contributed by atoms with E-state index in [1.165, 1.54) is 0 Å². The van der Waals surface area contributed by atoms with Crippen LogP contribution < -0.4 is 0 Å². The second-order valence-corrected chi connectivity index (χ2v) is 4.37. The Morgan fingerprint density at radius 2 is 2.26 bits per heavy atom. The molecule has 5 nitrogen and oxygen atoms in total. The third kappa shape index (κ3) is 2.76. The Balaban J connectivity index is 2.33. The molecule has 0 aliphatic carbocycles. The minimum Gasteiger partial charge on any atom is -0.464 e. The van der Waals surface area contributed by atoms with Crippen molar-refractivity contribution < 1.29 is 14.6 Å². The number of ether oxygens (including phenoxy) is 1. The molecule has 1 N–H and O–H groups in total. The number of likely N-dealkylation sites (N-methyl/N-ethyl adjacent to an activating group) is 1. The minimum absolute atomic E-state index is 0.249. The molecule has 0 radical (unpaired) electrons. The van der Waals surface area contributed by atoms with Gasteiger partial charge in [0.05, 0.1) is 13.2 Å². The third-order valence-electron chi connectivity index (χ3n) is 3.06. The van der Waals surface area contributed by atoms with Crippen molar-refractivity contribution in [3.8, 4) is 0 Å². The van der Waals surface area contributed by atoms with Gasteiger partial charge in [-0.25, -0.2) is 4.79 Å². The van der Waals surface area contributed by atoms with Crippen LogP contribution in [-0.4, -0.2) is 48.6 Å². The highest BCUT2D eigenvalue weighted by atomic mass is 16.5. The minimum atomic E-state index is -1.27. The average Bonchev–Trinajstić information content (AvgIpc) is 2.84. The highest BCUT2D eigenvalue weighted by molar-refractivity contribution is 6.01. The van der Waals surface area contributed by atoms with E-state index in [1.807, 2.05) is 24.1 Å². The van der Waals surface area contributed by atoms with Gasteiger partial charge in [0.2, 0.25) is 0 Å². The molecule has 0 fully saturated rings. The Kier molecular flexibility index (Phi) is 4.16. The summed E-state index contributed by atoms with van der Waals surface area (Å²) in [5.74, 6) is 0.176. The van der Waals surface area contributed by atoms with Crippen LogP contribution in [0.1, 0.15) is 24.2 Å². The number of aliphatic hydroxyl groups is 1. The Hall–Kier alpha value is -1.88. The normalized spacial score (nSPS) is 16.2. The van der Waals surface area contributed by atoms with Crippen LogP contribution in [0.25, 0.3) is 0 Å². The van der Waals surface area contributed by atoms with Crippen LogP contribution in [0, 0.1) is 0 Å². The molecule has 1 heterocycles. The summed E-state index contributed by atoms with van der Waals surface area (Å²) >= 11 is 0. The maximum atomic E-state index is 11.7. The molecule has 0 amide bonds. The van der Waals surface area contributed by atoms with Crippen LogP contribution in [-0.2, 0) is 9.53 Å². The fraction of sp³-hybridized carbons (Fsp3) is 0.429. The number of nitrogens with zero attached hydrogens (tertiary/aromatic N) is 2. The zero-order valence-corrected chi connectivity index (χ0v) is 11.2. The third-order valence-corrected chi connectivity index (χ3v) is 3.06. The van der Waals surface area contributed by atoms with Crippen molar-refractivity contribution in [3.05, 3.63) is 35.4 Å². The fourth-order valence-electron chi connectivity index (χ4n) is 2.11. The quantitative estimate of drug-likeness (QED) is 0.821. The van der Waals surface area contributed by atoms with E-state index in [0.29, 0.717) is 5.56 Å². The lowest BCUT2D eigenvalue weighted by Crippen LogP contribution is -2.26. The van der Waals surface area contributed by atoms with Gasteiger partial charge in [0, 0.05) is 24.7 Å². The molecular formula is C14H18N2O3. The molecule has 0 saturated heterocycles. The first kappa shape index (κ1) is 13.5. The zero-order chi connectivity index (χ0) is 13.8. The van der Waals surface area contributed by atoms with Crippen LogP contribution in [0.5, 0.6) is 0 Å². The SMILES string of the molecule is CCOC(=O)C(O)c1ccccc1C1=NCCN1C. The number of esters is 1. The molecule has 1 aromatic carbocycles. The van der Waals surface area contributed by atoms with Crippen LogP contribution in [0.3, 0.4) is 0 Å². The van der Waals surface area contributed by atoms with Gasteiger partial charge in [0.25, 0.3) is 0 Å². The summed E-state index contributed by atoms with van der Waals surface area (Å²) in [6, 6.07) is 7.24. The molecular weight excluding hydrogens is 244 g/mol. The van der Waals surface area contributed by atoms with E-state index in [2.05, 4.69) is 4.99 Å². The first-order chi connectivity index (χ1) is 9.15. The molecule has 1 aromatic rings. The van der Waals surface area contributed by atoms with E-state index in [9.17, 15) is 9.90 Å². The number of amidine groups is 1. The van der Waals surface area contributed by atoms with E-state index in [0.717, 1.165) is 24.5 Å². The summed E-state index contributed by atoms with van der Waals surface area (Å²) in [6.45, 7) is 3.54. The zero-order valence-electron chi connectivity index (χ0n) is 11.2. The number of carbonyl (C=O) groups excluding carboxylic acids is 1. The van der Waals surface area contributed by atoms with Crippen molar-refractivity contribution >= 4 is 11.8 Å². The molecule has 5 heteroatoms. The van der Waals surface area contributed by atoms with Crippen molar-refractivity contribution in [3.63, 3.8) is 0 Å². The maximum absolute atomic E-state index is 11.7. The molecule has 1 aliphatic rings. The summed E-state index contributed by atoms with van der Waals surface area (Å²) in [5.41, 5.74) is 1.32. The number of hydrogen-bond acceptors (Lipinski definition) is 5. The van der Waals surface area contributed by atoms with Gasteiger partial charge < -0.3 is 14.7 Å². The number of carbonyl (C=O) groups is 1.